The number of anilines is 1. The Morgan fingerprint density at radius 2 is 1.93 bits per heavy atom. The molecule has 2 N–H and O–H groups in total. The van der Waals surface area contributed by atoms with Crippen molar-refractivity contribution in [3.05, 3.63) is 58.9 Å². The van der Waals surface area contributed by atoms with E-state index >= 15 is 0 Å². The van der Waals surface area contributed by atoms with Crippen molar-refractivity contribution in [2.75, 3.05) is 31.2 Å². The Labute approximate surface area is 175 Å². The molecule has 1 aromatic heterocycles. The number of fused-ring (bicyclic) bond motifs is 2. The Bertz CT molecular complexity index is 1190. The lowest BCUT2D eigenvalue weighted by molar-refractivity contribution is 0.100. The molecule has 0 amide bonds. The third kappa shape index (κ3) is 3.48. The van der Waals surface area contributed by atoms with Crippen molar-refractivity contribution < 1.29 is 4.74 Å². The third-order valence-electron chi connectivity index (χ3n) is 6.02. The summed E-state index contributed by atoms with van der Waals surface area (Å²) in [5.41, 5.74) is 5.18. The molecule has 6 heteroatoms. The van der Waals surface area contributed by atoms with Crippen molar-refractivity contribution >= 4 is 16.7 Å². The van der Waals surface area contributed by atoms with Gasteiger partial charge in [0.2, 0.25) is 0 Å². The van der Waals surface area contributed by atoms with Crippen LogP contribution < -0.4 is 10.5 Å². The minimum Gasteiger partial charge on any atom is -0.381 e. The van der Waals surface area contributed by atoms with E-state index in [2.05, 4.69) is 33.9 Å². The minimum absolute atomic E-state index is 0.119. The summed E-state index contributed by atoms with van der Waals surface area (Å²) in [5, 5.41) is 0. The number of imidazole rings is 1. The second-order valence-electron chi connectivity index (χ2n) is 7.94. The van der Waals surface area contributed by atoms with Crippen molar-refractivity contribution in [2.24, 2.45) is 5.92 Å². The number of H-pyrrole nitrogens is 2. The summed E-state index contributed by atoms with van der Waals surface area (Å²) < 4.78 is 5.60. The number of nitrogens with zero attached hydrogens (tertiary/aromatic N) is 2. The van der Waals surface area contributed by atoms with Gasteiger partial charge in [-0.2, -0.15) is 0 Å². The Balaban J connectivity index is 1.42. The van der Waals surface area contributed by atoms with Gasteiger partial charge in [-0.3, -0.25) is 4.79 Å². The molecule has 0 spiro atoms. The lowest BCUT2D eigenvalue weighted by Crippen LogP contribution is -2.35. The van der Waals surface area contributed by atoms with E-state index in [0.717, 1.165) is 61.4 Å². The number of nitrogens with one attached hydrogen (secondary N) is 2. The fourth-order valence-corrected chi connectivity index (χ4v) is 4.37. The molecule has 0 atom stereocenters. The first-order valence-electron chi connectivity index (χ1n) is 10.7. The van der Waals surface area contributed by atoms with Gasteiger partial charge in [0.15, 0.2) is 0 Å². The first-order valence-corrected chi connectivity index (χ1v) is 10.7. The van der Waals surface area contributed by atoms with Crippen LogP contribution in [0.15, 0.2) is 53.3 Å². The number of rotatable bonds is 5. The van der Waals surface area contributed by atoms with E-state index in [0.29, 0.717) is 17.3 Å². The van der Waals surface area contributed by atoms with Crippen LogP contribution in [0.4, 0.5) is 5.69 Å². The molecule has 6 nitrogen and oxygen atoms in total. The molecule has 1 saturated heterocycles. The van der Waals surface area contributed by atoms with Crippen LogP contribution in [0.1, 0.15) is 19.8 Å². The Hall–Kier alpha value is -3.12. The third-order valence-corrected chi connectivity index (χ3v) is 6.02. The molecule has 0 saturated carbocycles. The maximum absolute atomic E-state index is 12.6. The predicted octanol–water partition coefficient (Wildman–Crippen LogP) is 4.28. The molecule has 30 heavy (non-hydrogen) atoms. The van der Waals surface area contributed by atoms with Crippen molar-refractivity contribution in [3.8, 4) is 22.6 Å². The molecule has 3 aliphatic rings. The average molecular weight is 402 g/mol. The van der Waals surface area contributed by atoms with Gasteiger partial charge < -0.3 is 19.6 Å². The highest BCUT2D eigenvalue weighted by Gasteiger charge is 2.21. The van der Waals surface area contributed by atoms with Gasteiger partial charge in [-0.05, 0) is 49.9 Å². The molecule has 0 bridgehead atoms. The Morgan fingerprint density at radius 1 is 1.10 bits per heavy atom. The maximum Gasteiger partial charge on any atom is 0.260 e. The zero-order valence-electron chi connectivity index (χ0n) is 17.1. The molecule has 1 aliphatic carbocycles. The zero-order chi connectivity index (χ0) is 20.5. The summed E-state index contributed by atoms with van der Waals surface area (Å²) in [6.07, 6.45) is 2.30. The molecule has 2 aromatic rings. The summed E-state index contributed by atoms with van der Waals surface area (Å²) in [6, 6.07) is 16.0. The number of ether oxygens (including phenoxy) is 1. The number of hydrogen-bond acceptors (Lipinski definition) is 4. The van der Waals surface area contributed by atoms with Gasteiger partial charge in [0.05, 0.1) is 16.6 Å². The number of aromatic amines is 2. The standard InChI is InChI=1S/C24H26N4O2/c1-2-30-15-16-10-12-28(13-11-16)17-8-9-20-21(14-17)26-23(25-20)22-18-6-4-3-5-7-19(18)27-24(22)29/h3-9,14,16H,2,10-13,15H2,1H3,(H,25,26)(H,27,29). The molecule has 5 rings (SSSR count). The lowest BCUT2D eigenvalue weighted by atomic mass is 9.97. The topological polar surface area (TPSA) is 74.0 Å². The van der Waals surface area contributed by atoms with Gasteiger partial charge >= 0.3 is 0 Å². The molecule has 3 heterocycles. The molecule has 2 aliphatic heterocycles. The smallest absolute Gasteiger partial charge is 0.260 e. The summed E-state index contributed by atoms with van der Waals surface area (Å²) in [7, 11) is 0. The van der Waals surface area contributed by atoms with Crippen molar-refractivity contribution in [2.45, 2.75) is 19.8 Å². The molecule has 154 valence electrons. The Morgan fingerprint density at radius 3 is 2.77 bits per heavy atom. The fourth-order valence-electron chi connectivity index (χ4n) is 4.37. The summed E-state index contributed by atoms with van der Waals surface area (Å²) in [6.45, 7) is 5.78. The van der Waals surface area contributed by atoms with Crippen LogP contribution in [0, 0.1) is 5.92 Å². The first-order chi connectivity index (χ1) is 14.7. The predicted molar refractivity (Wildman–Crippen MR) is 120 cm³/mol. The van der Waals surface area contributed by atoms with E-state index < -0.39 is 0 Å². The second-order valence-corrected chi connectivity index (χ2v) is 7.94. The molecule has 1 aromatic carbocycles. The normalized spacial score (nSPS) is 15.3. The lowest BCUT2D eigenvalue weighted by Gasteiger charge is -2.33. The summed E-state index contributed by atoms with van der Waals surface area (Å²) in [5.74, 6) is 1.27. The van der Waals surface area contributed by atoms with E-state index in [1.807, 2.05) is 36.4 Å². The van der Waals surface area contributed by atoms with E-state index in [4.69, 9.17) is 9.72 Å². The van der Waals surface area contributed by atoms with Gasteiger partial charge in [0.25, 0.3) is 5.56 Å². The van der Waals surface area contributed by atoms with Crippen LogP contribution >= 0.6 is 0 Å². The van der Waals surface area contributed by atoms with Crippen LogP contribution in [0.3, 0.4) is 0 Å². The Kier molecular flexibility index (Phi) is 5.01. The van der Waals surface area contributed by atoms with Gasteiger partial charge in [0.1, 0.15) is 5.82 Å². The first kappa shape index (κ1) is 18.9. The number of aromatic nitrogens is 3. The molecule has 1 fully saturated rings. The van der Waals surface area contributed by atoms with Crippen molar-refractivity contribution in [1.82, 2.24) is 15.0 Å². The van der Waals surface area contributed by atoms with Crippen LogP contribution in [-0.4, -0.2) is 41.3 Å². The quantitative estimate of drug-likeness (QED) is 0.523. The van der Waals surface area contributed by atoms with Gasteiger partial charge in [0, 0.05) is 43.2 Å². The zero-order valence-corrected chi connectivity index (χ0v) is 17.1. The number of benzene rings is 1. The molecular weight excluding hydrogens is 376 g/mol. The highest BCUT2D eigenvalue weighted by Crippen LogP contribution is 2.31. The molecule has 0 unspecified atom stereocenters. The van der Waals surface area contributed by atoms with Crippen LogP contribution in [0.2, 0.25) is 0 Å². The van der Waals surface area contributed by atoms with Crippen LogP contribution in [0.5, 0.6) is 0 Å². The molecule has 0 radical (unpaired) electrons. The maximum atomic E-state index is 12.6. The van der Waals surface area contributed by atoms with Crippen molar-refractivity contribution in [3.63, 3.8) is 0 Å². The average Bonchev–Trinajstić information content (AvgIpc) is 3.23. The number of hydrogen-bond donors (Lipinski definition) is 2. The summed E-state index contributed by atoms with van der Waals surface area (Å²) in [4.78, 5) is 26.1. The largest absolute Gasteiger partial charge is 0.381 e. The second kappa shape index (κ2) is 7.95. The minimum atomic E-state index is -0.119. The monoisotopic (exact) mass is 402 g/mol. The van der Waals surface area contributed by atoms with Crippen LogP contribution in [0.25, 0.3) is 33.7 Å². The SMILES string of the molecule is CCOCC1CCN(c2ccc3nc(-c4c5cccccc-5[nH]c4=O)[nH]c3c2)CC1. The van der Waals surface area contributed by atoms with Gasteiger partial charge in [-0.1, -0.05) is 24.3 Å². The summed E-state index contributed by atoms with van der Waals surface area (Å²) >= 11 is 0. The fraction of sp³-hybridized carbons (Fsp3) is 0.333. The highest BCUT2D eigenvalue weighted by molar-refractivity contribution is 5.87. The molecular formula is C24H26N4O2. The van der Waals surface area contributed by atoms with E-state index in [1.165, 1.54) is 5.69 Å². The van der Waals surface area contributed by atoms with E-state index in [-0.39, 0.29) is 5.56 Å². The number of piperidine rings is 1. The van der Waals surface area contributed by atoms with Gasteiger partial charge in [-0.25, -0.2) is 4.98 Å². The van der Waals surface area contributed by atoms with E-state index in [9.17, 15) is 4.79 Å². The highest BCUT2D eigenvalue weighted by atomic mass is 16.5. The van der Waals surface area contributed by atoms with Gasteiger partial charge in [-0.15, -0.1) is 0 Å². The van der Waals surface area contributed by atoms with Crippen LogP contribution in [-0.2, 0) is 4.74 Å². The van der Waals surface area contributed by atoms with E-state index in [1.54, 1.807) is 0 Å². The van der Waals surface area contributed by atoms with Crippen molar-refractivity contribution in [1.29, 1.82) is 0 Å².